The molecule has 5 nitrogen and oxygen atoms in total. The molecule has 0 aliphatic carbocycles. The SMILES string of the molecule is CC(C)C(C(=O)Nc1ccc(N)cc1)n1ccc(=O)cc1. The van der Waals surface area contributed by atoms with E-state index in [1.807, 2.05) is 13.8 Å². The van der Waals surface area contributed by atoms with Crippen LogP contribution in [0.3, 0.4) is 0 Å². The van der Waals surface area contributed by atoms with Crippen LogP contribution >= 0.6 is 0 Å². The molecule has 0 radical (unpaired) electrons. The molecule has 1 aromatic heterocycles. The number of nitrogens with zero attached hydrogens (tertiary/aromatic N) is 1. The molecule has 0 saturated carbocycles. The van der Waals surface area contributed by atoms with E-state index in [2.05, 4.69) is 5.32 Å². The lowest BCUT2D eigenvalue weighted by atomic mass is 10.0. The summed E-state index contributed by atoms with van der Waals surface area (Å²) in [6.07, 6.45) is 3.27. The first-order valence-corrected chi connectivity index (χ1v) is 6.81. The number of nitrogens with one attached hydrogen (secondary N) is 1. The maximum absolute atomic E-state index is 12.5. The third-order valence-electron chi connectivity index (χ3n) is 3.22. The lowest BCUT2D eigenvalue weighted by Gasteiger charge is -2.23. The van der Waals surface area contributed by atoms with E-state index in [1.54, 1.807) is 41.2 Å². The summed E-state index contributed by atoms with van der Waals surface area (Å²) in [5, 5.41) is 2.87. The van der Waals surface area contributed by atoms with E-state index in [0.717, 1.165) is 0 Å². The van der Waals surface area contributed by atoms with Crippen LogP contribution in [0.2, 0.25) is 0 Å². The molecular formula is C16H19N3O2. The summed E-state index contributed by atoms with van der Waals surface area (Å²) < 4.78 is 1.75. The van der Waals surface area contributed by atoms with E-state index >= 15 is 0 Å². The van der Waals surface area contributed by atoms with Gasteiger partial charge in [-0.2, -0.15) is 0 Å². The summed E-state index contributed by atoms with van der Waals surface area (Å²) in [5.41, 5.74) is 6.89. The number of rotatable bonds is 4. The first kappa shape index (κ1) is 14.8. The van der Waals surface area contributed by atoms with Gasteiger partial charge < -0.3 is 15.6 Å². The Hall–Kier alpha value is -2.56. The van der Waals surface area contributed by atoms with Gasteiger partial charge in [-0.3, -0.25) is 9.59 Å². The average Bonchev–Trinajstić information content (AvgIpc) is 2.43. The van der Waals surface area contributed by atoms with Crippen molar-refractivity contribution in [3.63, 3.8) is 0 Å². The number of nitrogens with two attached hydrogens (primary N) is 1. The summed E-state index contributed by atoms with van der Waals surface area (Å²) >= 11 is 0. The zero-order chi connectivity index (χ0) is 15.4. The van der Waals surface area contributed by atoms with E-state index in [1.165, 1.54) is 12.1 Å². The zero-order valence-electron chi connectivity index (χ0n) is 12.1. The molecule has 1 aromatic carbocycles. The molecule has 3 N–H and O–H groups in total. The van der Waals surface area contributed by atoms with E-state index < -0.39 is 0 Å². The molecule has 21 heavy (non-hydrogen) atoms. The summed E-state index contributed by atoms with van der Waals surface area (Å²) in [4.78, 5) is 23.7. The first-order chi connectivity index (χ1) is 9.97. The average molecular weight is 285 g/mol. The lowest BCUT2D eigenvalue weighted by Crippen LogP contribution is -2.30. The highest BCUT2D eigenvalue weighted by Crippen LogP contribution is 2.20. The Morgan fingerprint density at radius 1 is 1.10 bits per heavy atom. The Balaban J connectivity index is 2.21. The molecule has 1 amide bonds. The van der Waals surface area contributed by atoms with Gasteiger partial charge in [0.25, 0.3) is 0 Å². The third kappa shape index (κ3) is 3.72. The number of pyridine rings is 1. The van der Waals surface area contributed by atoms with Gasteiger partial charge in [0.05, 0.1) is 0 Å². The maximum atomic E-state index is 12.5. The van der Waals surface area contributed by atoms with Crippen LogP contribution < -0.4 is 16.5 Å². The van der Waals surface area contributed by atoms with Gasteiger partial charge in [-0.15, -0.1) is 0 Å². The molecule has 0 spiro atoms. The van der Waals surface area contributed by atoms with E-state index in [9.17, 15) is 9.59 Å². The largest absolute Gasteiger partial charge is 0.399 e. The van der Waals surface area contributed by atoms with Gasteiger partial charge in [-0.05, 0) is 30.2 Å². The smallest absolute Gasteiger partial charge is 0.247 e. The van der Waals surface area contributed by atoms with Crippen molar-refractivity contribution in [3.8, 4) is 0 Å². The van der Waals surface area contributed by atoms with Gasteiger partial charge in [0.2, 0.25) is 5.91 Å². The maximum Gasteiger partial charge on any atom is 0.247 e. The number of hydrogen-bond acceptors (Lipinski definition) is 3. The predicted octanol–water partition coefficient (Wildman–Crippen LogP) is 2.27. The third-order valence-corrected chi connectivity index (χ3v) is 3.22. The summed E-state index contributed by atoms with van der Waals surface area (Å²) in [6.45, 7) is 3.93. The van der Waals surface area contributed by atoms with Crippen molar-refractivity contribution in [2.75, 3.05) is 11.1 Å². The molecule has 0 fully saturated rings. The van der Waals surface area contributed by atoms with Gasteiger partial charge in [0, 0.05) is 35.9 Å². The monoisotopic (exact) mass is 285 g/mol. The highest BCUT2D eigenvalue weighted by molar-refractivity contribution is 5.94. The Labute approximate surface area is 123 Å². The summed E-state index contributed by atoms with van der Waals surface area (Å²) in [5.74, 6) is -0.0419. The molecule has 2 aromatic rings. The van der Waals surface area contributed by atoms with Gasteiger partial charge >= 0.3 is 0 Å². The fourth-order valence-corrected chi connectivity index (χ4v) is 2.17. The second-order valence-electron chi connectivity index (χ2n) is 5.28. The number of anilines is 2. The molecule has 1 heterocycles. The minimum Gasteiger partial charge on any atom is -0.399 e. The first-order valence-electron chi connectivity index (χ1n) is 6.81. The summed E-state index contributed by atoms with van der Waals surface area (Å²) in [6, 6.07) is 9.51. The normalized spacial score (nSPS) is 12.1. The van der Waals surface area contributed by atoms with Crippen LogP contribution in [0.5, 0.6) is 0 Å². The fourth-order valence-electron chi connectivity index (χ4n) is 2.17. The standard InChI is InChI=1S/C16H19N3O2/c1-11(2)15(19-9-7-14(20)8-10-19)16(21)18-13-5-3-12(17)4-6-13/h3-11,15H,17H2,1-2H3,(H,18,21). The second kappa shape index (κ2) is 6.26. The molecule has 5 heteroatoms. The Morgan fingerprint density at radius 2 is 1.67 bits per heavy atom. The van der Waals surface area contributed by atoms with Crippen molar-refractivity contribution in [1.82, 2.24) is 4.57 Å². The minimum absolute atomic E-state index is 0.0762. The number of hydrogen-bond donors (Lipinski definition) is 2. The van der Waals surface area contributed by atoms with Crippen LogP contribution in [0, 0.1) is 5.92 Å². The van der Waals surface area contributed by atoms with Crippen molar-refractivity contribution >= 4 is 17.3 Å². The molecule has 0 bridgehead atoms. The molecule has 2 rings (SSSR count). The number of carbonyl (C=O) groups is 1. The van der Waals surface area contributed by atoms with Crippen molar-refractivity contribution in [2.24, 2.45) is 5.92 Å². The van der Waals surface area contributed by atoms with Gasteiger partial charge in [-0.25, -0.2) is 0 Å². The van der Waals surface area contributed by atoms with Crippen LogP contribution in [0.1, 0.15) is 19.9 Å². The highest BCUT2D eigenvalue weighted by Gasteiger charge is 2.23. The van der Waals surface area contributed by atoms with Gasteiger partial charge in [-0.1, -0.05) is 13.8 Å². The molecule has 0 aliphatic heterocycles. The zero-order valence-corrected chi connectivity index (χ0v) is 12.1. The molecule has 110 valence electrons. The van der Waals surface area contributed by atoms with Crippen LogP contribution in [0.25, 0.3) is 0 Å². The number of aromatic nitrogens is 1. The quantitative estimate of drug-likeness (QED) is 0.846. The van der Waals surface area contributed by atoms with Crippen molar-refractivity contribution in [3.05, 3.63) is 59.0 Å². The van der Waals surface area contributed by atoms with Gasteiger partial charge in [0.1, 0.15) is 6.04 Å². The molecule has 0 saturated heterocycles. The van der Waals surface area contributed by atoms with E-state index in [4.69, 9.17) is 5.73 Å². The van der Waals surface area contributed by atoms with Crippen molar-refractivity contribution in [2.45, 2.75) is 19.9 Å². The van der Waals surface area contributed by atoms with E-state index in [-0.39, 0.29) is 23.3 Å². The number of nitrogen functional groups attached to an aromatic ring is 1. The summed E-state index contributed by atoms with van der Waals surface area (Å²) in [7, 11) is 0. The van der Waals surface area contributed by atoms with E-state index in [0.29, 0.717) is 11.4 Å². The van der Waals surface area contributed by atoms with Gasteiger partial charge in [0.15, 0.2) is 5.43 Å². The number of benzene rings is 1. The molecule has 0 aliphatic rings. The predicted molar refractivity (Wildman–Crippen MR) is 84.1 cm³/mol. The number of carbonyl (C=O) groups excluding carboxylic acids is 1. The Morgan fingerprint density at radius 3 is 2.19 bits per heavy atom. The van der Waals surface area contributed by atoms with Crippen LogP contribution in [-0.4, -0.2) is 10.5 Å². The molecule has 1 unspecified atom stereocenters. The van der Waals surface area contributed by atoms with Crippen LogP contribution in [-0.2, 0) is 4.79 Å². The second-order valence-corrected chi connectivity index (χ2v) is 5.28. The Kier molecular flexibility index (Phi) is 4.42. The minimum atomic E-state index is -0.386. The highest BCUT2D eigenvalue weighted by atomic mass is 16.2. The lowest BCUT2D eigenvalue weighted by molar-refractivity contribution is -0.120. The number of amides is 1. The Bertz CT molecular complexity index is 654. The topological polar surface area (TPSA) is 77.1 Å². The van der Waals surface area contributed by atoms with Crippen molar-refractivity contribution < 1.29 is 4.79 Å². The van der Waals surface area contributed by atoms with Crippen LogP contribution in [0.4, 0.5) is 11.4 Å². The molecule has 1 atom stereocenters. The fraction of sp³-hybridized carbons (Fsp3) is 0.250. The van der Waals surface area contributed by atoms with Crippen LogP contribution in [0.15, 0.2) is 53.6 Å². The molecular weight excluding hydrogens is 266 g/mol. The van der Waals surface area contributed by atoms with Crippen molar-refractivity contribution in [1.29, 1.82) is 0 Å².